The highest BCUT2D eigenvalue weighted by atomic mass is 79.9. The number of benzene rings is 1. The summed E-state index contributed by atoms with van der Waals surface area (Å²) < 4.78 is 18.1. The van der Waals surface area contributed by atoms with Crippen molar-refractivity contribution in [2.45, 2.75) is 0 Å². The quantitative estimate of drug-likeness (QED) is 0.744. The third-order valence-electron chi connectivity index (χ3n) is 2.16. The van der Waals surface area contributed by atoms with Crippen LogP contribution in [0, 0.1) is 5.82 Å². The van der Waals surface area contributed by atoms with E-state index in [1.165, 1.54) is 0 Å². The molecular weight excluding hydrogens is 316 g/mol. The van der Waals surface area contributed by atoms with E-state index in [2.05, 4.69) is 15.9 Å². The van der Waals surface area contributed by atoms with Crippen molar-refractivity contribution in [1.29, 1.82) is 0 Å². The van der Waals surface area contributed by atoms with Gasteiger partial charge in [-0.1, -0.05) is 11.6 Å². The smallest absolute Gasteiger partial charge is 0.259 e. The van der Waals surface area contributed by atoms with Crippen LogP contribution in [0.15, 0.2) is 16.6 Å². The minimum atomic E-state index is -0.557. The number of rotatable bonds is 1. The minimum absolute atomic E-state index is 0.0134. The van der Waals surface area contributed by atoms with E-state index in [-0.39, 0.29) is 28.4 Å². The second kappa shape index (κ2) is 4.72. The SMILES string of the molecule is O=C1COCC(=O)N1c1c(Cl)cc(F)cc1Br. The van der Waals surface area contributed by atoms with E-state index >= 15 is 0 Å². The molecule has 7 heteroatoms. The second-order valence-corrected chi connectivity index (χ2v) is 4.60. The Bertz CT molecular complexity index is 469. The Morgan fingerprint density at radius 2 is 1.88 bits per heavy atom. The van der Waals surface area contributed by atoms with Crippen LogP contribution in [0.1, 0.15) is 0 Å². The van der Waals surface area contributed by atoms with Crippen molar-refractivity contribution in [1.82, 2.24) is 0 Å². The summed E-state index contributed by atoms with van der Waals surface area (Å²) in [5.74, 6) is -1.62. The van der Waals surface area contributed by atoms with Gasteiger partial charge < -0.3 is 4.74 Å². The number of nitrogens with zero attached hydrogens (tertiary/aromatic N) is 1. The number of amides is 2. The topological polar surface area (TPSA) is 46.6 Å². The summed E-state index contributed by atoms with van der Waals surface area (Å²) in [5, 5.41) is -0.0134. The molecule has 0 bridgehead atoms. The molecule has 0 N–H and O–H groups in total. The standard InChI is InChI=1S/C10H6BrClFNO3/c11-6-1-5(13)2-7(12)10(6)14-8(15)3-17-4-9(14)16/h1-2H,3-4H2. The maximum Gasteiger partial charge on any atom is 0.259 e. The van der Waals surface area contributed by atoms with Gasteiger partial charge in [0.1, 0.15) is 19.0 Å². The van der Waals surface area contributed by atoms with Crippen molar-refractivity contribution >= 4 is 45.0 Å². The van der Waals surface area contributed by atoms with Crippen LogP contribution in [0.5, 0.6) is 0 Å². The lowest BCUT2D eigenvalue weighted by Gasteiger charge is -2.26. The van der Waals surface area contributed by atoms with Gasteiger partial charge in [0.25, 0.3) is 11.8 Å². The zero-order valence-corrected chi connectivity index (χ0v) is 10.7. The van der Waals surface area contributed by atoms with E-state index < -0.39 is 17.6 Å². The van der Waals surface area contributed by atoms with Gasteiger partial charge in [0, 0.05) is 4.47 Å². The first kappa shape index (κ1) is 12.5. The second-order valence-electron chi connectivity index (χ2n) is 3.33. The highest BCUT2D eigenvalue weighted by Gasteiger charge is 2.31. The number of hydrogen-bond donors (Lipinski definition) is 0. The van der Waals surface area contributed by atoms with Crippen molar-refractivity contribution in [3.05, 3.63) is 27.4 Å². The van der Waals surface area contributed by atoms with Crippen molar-refractivity contribution in [3.63, 3.8) is 0 Å². The van der Waals surface area contributed by atoms with Crippen molar-refractivity contribution < 1.29 is 18.7 Å². The van der Waals surface area contributed by atoms with Crippen LogP contribution in [-0.2, 0) is 14.3 Å². The molecule has 1 aliphatic heterocycles. The van der Waals surface area contributed by atoms with E-state index in [9.17, 15) is 14.0 Å². The number of carbonyl (C=O) groups is 2. The monoisotopic (exact) mass is 321 g/mol. The van der Waals surface area contributed by atoms with Gasteiger partial charge in [-0.2, -0.15) is 0 Å². The van der Waals surface area contributed by atoms with Crippen LogP contribution >= 0.6 is 27.5 Å². The summed E-state index contributed by atoms with van der Waals surface area (Å²) in [6.45, 7) is -0.405. The molecular formula is C10H6BrClFNO3. The maximum absolute atomic E-state index is 13.0. The van der Waals surface area contributed by atoms with Crippen LogP contribution < -0.4 is 4.90 Å². The third-order valence-corrected chi connectivity index (χ3v) is 3.05. The Kier molecular flexibility index (Phi) is 3.46. The number of ether oxygens (including phenoxy) is 1. The Morgan fingerprint density at radius 1 is 1.29 bits per heavy atom. The number of hydrogen-bond acceptors (Lipinski definition) is 3. The number of morpholine rings is 1. The molecule has 0 radical (unpaired) electrons. The first-order valence-electron chi connectivity index (χ1n) is 4.59. The minimum Gasteiger partial charge on any atom is -0.362 e. The van der Waals surface area contributed by atoms with E-state index in [4.69, 9.17) is 16.3 Å². The molecule has 2 amide bonds. The number of halogens is 3. The predicted octanol–water partition coefficient (Wildman–Crippen LogP) is 2.13. The van der Waals surface area contributed by atoms with Gasteiger partial charge in [0.05, 0.1) is 10.7 Å². The van der Waals surface area contributed by atoms with Crippen LogP contribution in [0.25, 0.3) is 0 Å². The lowest BCUT2D eigenvalue weighted by molar-refractivity contribution is -0.138. The van der Waals surface area contributed by atoms with E-state index in [1.807, 2.05) is 0 Å². The number of imide groups is 1. The Balaban J connectivity index is 2.52. The fourth-order valence-corrected chi connectivity index (χ4v) is 2.51. The normalized spacial score (nSPS) is 16.5. The summed E-state index contributed by atoms with van der Waals surface area (Å²) in [6, 6.07) is 2.18. The van der Waals surface area contributed by atoms with Gasteiger partial charge in [-0.3, -0.25) is 9.59 Å². The van der Waals surface area contributed by atoms with Gasteiger partial charge >= 0.3 is 0 Å². The average molecular weight is 323 g/mol. The number of anilines is 1. The molecule has 1 aliphatic rings. The molecule has 0 aromatic heterocycles. The van der Waals surface area contributed by atoms with Crippen LogP contribution in [0.2, 0.25) is 5.02 Å². The molecule has 4 nitrogen and oxygen atoms in total. The lowest BCUT2D eigenvalue weighted by Crippen LogP contribution is -2.46. The van der Waals surface area contributed by atoms with Crippen molar-refractivity contribution in [2.75, 3.05) is 18.1 Å². The predicted molar refractivity (Wildman–Crippen MR) is 62.4 cm³/mol. The van der Waals surface area contributed by atoms with Gasteiger partial charge in [0.15, 0.2) is 0 Å². The van der Waals surface area contributed by atoms with Gasteiger partial charge in [-0.05, 0) is 28.1 Å². The summed E-state index contributed by atoms with van der Waals surface area (Å²) in [6.07, 6.45) is 0. The zero-order valence-electron chi connectivity index (χ0n) is 8.37. The third kappa shape index (κ3) is 2.34. The molecule has 1 heterocycles. The highest BCUT2D eigenvalue weighted by molar-refractivity contribution is 9.10. The Labute approximate surface area is 109 Å². The molecule has 1 aromatic rings. The first-order chi connectivity index (χ1) is 8.00. The molecule has 0 aliphatic carbocycles. The summed E-state index contributed by atoms with van der Waals surface area (Å²) in [4.78, 5) is 24.1. The molecule has 0 spiro atoms. The van der Waals surface area contributed by atoms with Crippen LogP contribution in [0.3, 0.4) is 0 Å². The van der Waals surface area contributed by atoms with E-state index in [0.717, 1.165) is 17.0 Å². The number of carbonyl (C=O) groups excluding carboxylic acids is 2. The van der Waals surface area contributed by atoms with Gasteiger partial charge in [0.2, 0.25) is 0 Å². The molecule has 0 saturated carbocycles. The fourth-order valence-electron chi connectivity index (χ4n) is 1.49. The average Bonchev–Trinajstić information content (AvgIpc) is 2.21. The van der Waals surface area contributed by atoms with Gasteiger partial charge in [-0.25, -0.2) is 9.29 Å². The molecule has 1 saturated heterocycles. The molecule has 17 heavy (non-hydrogen) atoms. The Morgan fingerprint density at radius 3 is 2.41 bits per heavy atom. The van der Waals surface area contributed by atoms with Crippen molar-refractivity contribution in [3.8, 4) is 0 Å². The molecule has 1 fully saturated rings. The molecule has 0 unspecified atom stereocenters. The van der Waals surface area contributed by atoms with E-state index in [1.54, 1.807) is 0 Å². The molecule has 0 atom stereocenters. The summed E-state index contributed by atoms with van der Waals surface area (Å²) >= 11 is 8.92. The van der Waals surface area contributed by atoms with E-state index in [0.29, 0.717) is 0 Å². The van der Waals surface area contributed by atoms with Gasteiger partial charge in [-0.15, -0.1) is 0 Å². The first-order valence-corrected chi connectivity index (χ1v) is 5.76. The zero-order chi connectivity index (χ0) is 12.6. The largest absolute Gasteiger partial charge is 0.362 e. The fraction of sp³-hybridized carbons (Fsp3) is 0.200. The summed E-state index contributed by atoms with van der Waals surface area (Å²) in [5.41, 5.74) is 0.145. The molecule has 2 rings (SSSR count). The lowest BCUT2D eigenvalue weighted by atomic mass is 10.2. The highest BCUT2D eigenvalue weighted by Crippen LogP contribution is 2.35. The maximum atomic E-state index is 13.0. The molecule has 1 aromatic carbocycles. The molecule has 90 valence electrons. The van der Waals surface area contributed by atoms with Crippen molar-refractivity contribution in [2.24, 2.45) is 0 Å². The summed E-state index contributed by atoms with van der Waals surface area (Å²) in [7, 11) is 0. The van der Waals surface area contributed by atoms with Crippen LogP contribution in [-0.4, -0.2) is 25.0 Å². The van der Waals surface area contributed by atoms with Crippen LogP contribution in [0.4, 0.5) is 10.1 Å². The Hall–Kier alpha value is -0.980.